The molecule has 0 aromatic heterocycles. The van der Waals surface area contributed by atoms with Gasteiger partial charge in [0.25, 0.3) is 0 Å². The molecule has 0 aliphatic carbocycles. The second kappa shape index (κ2) is 6.48. The molecule has 106 valence electrons. The molecule has 0 heterocycles. The molecule has 0 saturated heterocycles. The second-order valence-electron chi connectivity index (χ2n) is 4.76. The van der Waals surface area contributed by atoms with Crippen LogP contribution in [0, 0.1) is 11.6 Å². The lowest BCUT2D eigenvalue weighted by molar-refractivity contribution is 0.475. The molecule has 2 N–H and O–H groups in total. The van der Waals surface area contributed by atoms with Crippen molar-refractivity contribution in [3.63, 3.8) is 0 Å². The number of rotatable bonds is 5. The molecule has 0 saturated carbocycles. The van der Waals surface area contributed by atoms with Gasteiger partial charge in [-0.3, -0.25) is 0 Å². The molecule has 1 unspecified atom stereocenters. The highest BCUT2D eigenvalue weighted by molar-refractivity contribution is 5.26. The van der Waals surface area contributed by atoms with Gasteiger partial charge in [-0.2, -0.15) is 0 Å². The number of hydrogen-bond acceptors (Lipinski definition) is 2. The van der Waals surface area contributed by atoms with E-state index in [9.17, 15) is 13.9 Å². The van der Waals surface area contributed by atoms with E-state index in [2.05, 4.69) is 5.32 Å². The van der Waals surface area contributed by atoms with Crippen molar-refractivity contribution in [2.75, 3.05) is 6.54 Å². The van der Waals surface area contributed by atoms with Gasteiger partial charge in [0.1, 0.15) is 17.4 Å². The third-order valence-electron chi connectivity index (χ3n) is 3.23. The van der Waals surface area contributed by atoms with Crippen LogP contribution in [-0.4, -0.2) is 11.7 Å². The predicted octanol–water partition coefficient (Wildman–Crippen LogP) is 3.56. The fourth-order valence-corrected chi connectivity index (χ4v) is 2.05. The molecule has 20 heavy (non-hydrogen) atoms. The summed E-state index contributed by atoms with van der Waals surface area (Å²) in [5.41, 5.74) is 1.40. The van der Waals surface area contributed by atoms with Crippen LogP contribution >= 0.6 is 0 Å². The number of phenolic OH excluding ortho intramolecular Hbond substituents is 1. The average Bonchev–Trinajstić information content (AvgIpc) is 2.43. The number of aromatic hydroxyl groups is 1. The molecule has 0 aliphatic heterocycles. The first-order valence-corrected chi connectivity index (χ1v) is 6.52. The summed E-state index contributed by atoms with van der Waals surface area (Å²) in [6.45, 7) is 2.44. The molecule has 0 aliphatic rings. The molecule has 4 heteroatoms. The Morgan fingerprint density at radius 1 is 1.10 bits per heavy atom. The summed E-state index contributed by atoms with van der Waals surface area (Å²) >= 11 is 0. The topological polar surface area (TPSA) is 32.3 Å². The lowest BCUT2D eigenvalue weighted by Gasteiger charge is -2.15. The molecule has 1 atom stereocenters. The van der Waals surface area contributed by atoms with Crippen LogP contribution in [0.3, 0.4) is 0 Å². The normalized spacial score (nSPS) is 12.3. The van der Waals surface area contributed by atoms with Crippen LogP contribution in [0.1, 0.15) is 24.1 Å². The molecule has 2 aromatic carbocycles. The van der Waals surface area contributed by atoms with Gasteiger partial charge >= 0.3 is 0 Å². The highest BCUT2D eigenvalue weighted by atomic mass is 19.1. The highest BCUT2D eigenvalue weighted by Gasteiger charge is 2.11. The Bertz CT molecular complexity index is 569. The van der Waals surface area contributed by atoms with E-state index in [1.807, 2.05) is 12.1 Å². The highest BCUT2D eigenvalue weighted by Crippen LogP contribution is 2.18. The zero-order valence-corrected chi connectivity index (χ0v) is 11.2. The third kappa shape index (κ3) is 3.78. The Morgan fingerprint density at radius 3 is 2.50 bits per heavy atom. The van der Waals surface area contributed by atoms with Gasteiger partial charge in [0.15, 0.2) is 0 Å². The predicted molar refractivity (Wildman–Crippen MR) is 74.6 cm³/mol. The molecule has 2 nitrogen and oxygen atoms in total. The van der Waals surface area contributed by atoms with Gasteiger partial charge in [-0.1, -0.05) is 12.1 Å². The van der Waals surface area contributed by atoms with E-state index in [0.29, 0.717) is 12.1 Å². The summed E-state index contributed by atoms with van der Waals surface area (Å²) in [5, 5.41) is 12.3. The number of phenols is 1. The Kier molecular flexibility index (Phi) is 4.69. The quantitative estimate of drug-likeness (QED) is 0.875. The fraction of sp³-hybridized carbons (Fsp3) is 0.250. The van der Waals surface area contributed by atoms with Gasteiger partial charge in [0.2, 0.25) is 0 Å². The maximum atomic E-state index is 13.6. The van der Waals surface area contributed by atoms with E-state index in [-0.39, 0.29) is 11.8 Å². The summed E-state index contributed by atoms with van der Waals surface area (Å²) in [5.74, 6) is -0.610. The summed E-state index contributed by atoms with van der Waals surface area (Å²) in [6.07, 6.45) is 0.752. The molecule has 0 amide bonds. The van der Waals surface area contributed by atoms with E-state index < -0.39 is 11.6 Å². The zero-order valence-electron chi connectivity index (χ0n) is 11.2. The van der Waals surface area contributed by atoms with Crippen LogP contribution in [0.15, 0.2) is 42.5 Å². The van der Waals surface area contributed by atoms with Crippen LogP contribution < -0.4 is 5.32 Å². The van der Waals surface area contributed by atoms with Gasteiger partial charge in [0, 0.05) is 11.6 Å². The molecule has 0 fully saturated rings. The Labute approximate surface area is 117 Å². The van der Waals surface area contributed by atoms with Crippen LogP contribution in [0.2, 0.25) is 0 Å². The van der Waals surface area contributed by atoms with E-state index >= 15 is 0 Å². The summed E-state index contributed by atoms with van der Waals surface area (Å²) < 4.78 is 26.7. The first-order chi connectivity index (χ1) is 9.56. The van der Waals surface area contributed by atoms with Crippen molar-refractivity contribution < 1.29 is 13.9 Å². The minimum Gasteiger partial charge on any atom is -0.508 e. The molecule has 2 aromatic rings. The maximum Gasteiger partial charge on any atom is 0.128 e. The van der Waals surface area contributed by atoms with Crippen molar-refractivity contribution >= 4 is 0 Å². The number of halogens is 2. The number of hydrogen-bond donors (Lipinski definition) is 2. The minimum atomic E-state index is -0.436. The van der Waals surface area contributed by atoms with Crippen molar-refractivity contribution in [2.24, 2.45) is 0 Å². The van der Waals surface area contributed by atoms with Gasteiger partial charge < -0.3 is 10.4 Å². The lowest BCUT2D eigenvalue weighted by atomic mass is 10.1. The Balaban J connectivity index is 1.90. The van der Waals surface area contributed by atoms with E-state index in [4.69, 9.17) is 0 Å². The Hall–Kier alpha value is -1.94. The van der Waals surface area contributed by atoms with Crippen molar-refractivity contribution in [3.8, 4) is 5.75 Å². The largest absolute Gasteiger partial charge is 0.508 e. The number of benzene rings is 2. The van der Waals surface area contributed by atoms with Crippen molar-refractivity contribution in [1.29, 1.82) is 0 Å². The minimum absolute atomic E-state index is 0.233. The van der Waals surface area contributed by atoms with Crippen LogP contribution in [0.4, 0.5) is 8.78 Å². The Morgan fingerprint density at radius 2 is 1.80 bits per heavy atom. The van der Waals surface area contributed by atoms with E-state index in [1.54, 1.807) is 19.1 Å². The van der Waals surface area contributed by atoms with Gasteiger partial charge in [-0.15, -0.1) is 0 Å². The van der Waals surface area contributed by atoms with Crippen LogP contribution in [0.25, 0.3) is 0 Å². The standard InChI is InChI=1S/C16H17F2NO/c1-11(15-10-13(17)4-7-16(15)18)19-9-8-12-2-5-14(20)6-3-12/h2-7,10-11,19-20H,8-9H2,1H3. The first kappa shape index (κ1) is 14.5. The van der Waals surface area contributed by atoms with E-state index in [1.165, 1.54) is 6.07 Å². The summed E-state index contributed by atoms with van der Waals surface area (Å²) in [4.78, 5) is 0. The summed E-state index contributed by atoms with van der Waals surface area (Å²) in [7, 11) is 0. The molecular weight excluding hydrogens is 260 g/mol. The monoisotopic (exact) mass is 277 g/mol. The van der Waals surface area contributed by atoms with Crippen LogP contribution in [-0.2, 0) is 6.42 Å². The molecule has 0 radical (unpaired) electrons. The molecule has 0 spiro atoms. The smallest absolute Gasteiger partial charge is 0.128 e. The summed E-state index contributed by atoms with van der Waals surface area (Å²) in [6, 6.07) is 10.1. The maximum absolute atomic E-state index is 13.6. The number of nitrogens with one attached hydrogen (secondary N) is 1. The fourth-order valence-electron chi connectivity index (χ4n) is 2.05. The van der Waals surface area contributed by atoms with Crippen LogP contribution in [0.5, 0.6) is 5.75 Å². The van der Waals surface area contributed by atoms with Gasteiger partial charge in [-0.05, 0) is 55.8 Å². The van der Waals surface area contributed by atoms with Gasteiger partial charge in [0.05, 0.1) is 0 Å². The van der Waals surface area contributed by atoms with E-state index in [0.717, 1.165) is 24.1 Å². The molecular formula is C16H17F2NO. The van der Waals surface area contributed by atoms with Crippen molar-refractivity contribution in [1.82, 2.24) is 5.32 Å². The lowest BCUT2D eigenvalue weighted by Crippen LogP contribution is -2.22. The molecule has 2 rings (SSSR count). The zero-order chi connectivity index (χ0) is 14.5. The third-order valence-corrected chi connectivity index (χ3v) is 3.23. The second-order valence-corrected chi connectivity index (χ2v) is 4.76. The average molecular weight is 277 g/mol. The van der Waals surface area contributed by atoms with Crippen molar-refractivity contribution in [2.45, 2.75) is 19.4 Å². The SMILES string of the molecule is CC(NCCc1ccc(O)cc1)c1cc(F)ccc1F. The molecule has 0 bridgehead atoms. The van der Waals surface area contributed by atoms with Crippen molar-refractivity contribution in [3.05, 3.63) is 65.2 Å². The first-order valence-electron chi connectivity index (χ1n) is 6.52. The van der Waals surface area contributed by atoms with Gasteiger partial charge in [-0.25, -0.2) is 8.78 Å².